The van der Waals surface area contributed by atoms with Crippen molar-refractivity contribution in [2.75, 3.05) is 0 Å². The van der Waals surface area contributed by atoms with Gasteiger partial charge in [-0.1, -0.05) is 17.7 Å². The van der Waals surface area contributed by atoms with Gasteiger partial charge in [0.2, 0.25) is 5.43 Å². The number of alkyl halides is 3. The lowest BCUT2D eigenvalue weighted by atomic mass is 10.1. The van der Waals surface area contributed by atoms with Gasteiger partial charge in [-0.3, -0.25) is 14.0 Å². The van der Waals surface area contributed by atoms with Crippen molar-refractivity contribution in [1.82, 2.24) is 24.1 Å². The number of hydrogen-bond acceptors (Lipinski definition) is 5. The Balaban J connectivity index is 2.03. The van der Waals surface area contributed by atoms with Gasteiger partial charge in [-0.25, -0.2) is 13.6 Å². The van der Waals surface area contributed by atoms with E-state index >= 15 is 4.39 Å². The third-order valence-corrected chi connectivity index (χ3v) is 5.63. The Hall–Kier alpha value is -3.58. The van der Waals surface area contributed by atoms with E-state index in [2.05, 4.69) is 10.2 Å². The Bertz CT molecular complexity index is 1590. The summed E-state index contributed by atoms with van der Waals surface area (Å²) in [6, 6.07) is 5.10. The molecule has 0 saturated heterocycles. The molecule has 14 heteroatoms. The van der Waals surface area contributed by atoms with Gasteiger partial charge in [-0.2, -0.15) is 23.0 Å². The van der Waals surface area contributed by atoms with Crippen LogP contribution in [0.4, 0.5) is 22.0 Å². The summed E-state index contributed by atoms with van der Waals surface area (Å²) in [5.41, 5.74) is -3.43. The van der Waals surface area contributed by atoms with Crippen molar-refractivity contribution in [3.63, 3.8) is 0 Å². The maximum atomic E-state index is 15.2. The molecule has 0 unspecified atom stereocenters. The highest BCUT2D eigenvalue weighted by Crippen LogP contribution is 2.30. The summed E-state index contributed by atoms with van der Waals surface area (Å²) in [5.74, 6) is -2.63. The molecule has 2 heterocycles. The average molecular weight is 530 g/mol. The van der Waals surface area contributed by atoms with Gasteiger partial charge >= 0.3 is 11.9 Å². The average Bonchev–Trinajstić information content (AvgIpc) is 3.08. The van der Waals surface area contributed by atoms with Gasteiger partial charge in [0.1, 0.15) is 36.2 Å². The van der Waals surface area contributed by atoms with Crippen LogP contribution in [0.1, 0.15) is 25.7 Å². The molecule has 0 bridgehead atoms. The summed E-state index contributed by atoms with van der Waals surface area (Å²) < 4.78 is 70.3. The van der Waals surface area contributed by atoms with Gasteiger partial charge in [0.05, 0.1) is 21.5 Å². The van der Waals surface area contributed by atoms with Crippen molar-refractivity contribution >= 4 is 22.5 Å². The second kappa shape index (κ2) is 9.13. The molecular weight excluding hydrogens is 513 g/mol. The minimum Gasteiger partial charge on any atom is -0.388 e. The summed E-state index contributed by atoms with van der Waals surface area (Å²) in [7, 11) is 0. The molecule has 0 aliphatic carbocycles. The maximum absolute atomic E-state index is 15.2. The van der Waals surface area contributed by atoms with Gasteiger partial charge in [0.25, 0.3) is 0 Å². The lowest BCUT2D eigenvalue weighted by molar-refractivity contribution is -0.141. The lowest BCUT2D eigenvalue weighted by Crippen LogP contribution is -2.31. The maximum Gasteiger partial charge on any atom is 0.406 e. The van der Waals surface area contributed by atoms with Crippen molar-refractivity contribution in [1.29, 1.82) is 0 Å². The third-order valence-electron chi connectivity index (χ3n) is 5.31. The van der Waals surface area contributed by atoms with Crippen LogP contribution >= 0.6 is 11.6 Å². The van der Waals surface area contributed by atoms with E-state index in [1.54, 1.807) is 13.8 Å². The number of aliphatic hydroxyl groups is 1. The fourth-order valence-corrected chi connectivity index (χ4v) is 4.00. The van der Waals surface area contributed by atoms with Gasteiger partial charge < -0.3 is 5.11 Å². The largest absolute Gasteiger partial charge is 0.406 e. The molecule has 8 nitrogen and oxygen atoms in total. The Morgan fingerprint density at radius 2 is 1.78 bits per heavy atom. The number of fused-ring (bicyclic) bond motifs is 1. The van der Waals surface area contributed by atoms with Crippen LogP contribution < -0.4 is 11.1 Å². The molecule has 190 valence electrons. The van der Waals surface area contributed by atoms with Gasteiger partial charge in [0, 0.05) is 6.04 Å². The van der Waals surface area contributed by atoms with Crippen LogP contribution in [-0.4, -0.2) is 35.4 Å². The number of aromatic nitrogens is 5. The fourth-order valence-electron chi connectivity index (χ4n) is 3.75. The molecule has 0 aliphatic rings. The van der Waals surface area contributed by atoms with E-state index in [4.69, 9.17) is 11.6 Å². The molecule has 4 aromatic rings. The zero-order valence-corrected chi connectivity index (χ0v) is 19.4. The van der Waals surface area contributed by atoms with E-state index < -0.39 is 59.6 Å². The number of halogens is 6. The summed E-state index contributed by atoms with van der Waals surface area (Å²) in [5, 5.41) is 16.9. The van der Waals surface area contributed by atoms with Crippen LogP contribution in [0.5, 0.6) is 0 Å². The van der Waals surface area contributed by atoms with Crippen LogP contribution in [0, 0.1) is 11.6 Å². The standard InChI is InChI=1S/C22H17ClF5N5O3/c1-10(2)32-15-7-16(33-21(36)31(9-22(26,27)28)17(8-34)29-33)14(25)6-11(15)20(35)19(30-32)18-12(23)4-3-5-13(18)24/h3-7,10,34H,8-9H2,1-2H3. The minimum atomic E-state index is -4.81. The molecule has 1 N–H and O–H groups in total. The van der Waals surface area contributed by atoms with Crippen molar-refractivity contribution < 1.29 is 27.1 Å². The highest BCUT2D eigenvalue weighted by atomic mass is 35.5. The highest BCUT2D eigenvalue weighted by Gasteiger charge is 2.32. The monoisotopic (exact) mass is 529 g/mol. The van der Waals surface area contributed by atoms with Crippen LogP contribution in [0.2, 0.25) is 5.02 Å². The molecule has 0 aliphatic heterocycles. The molecule has 4 rings (SSSR count). The smallest absolute Gasteiger partial charge is 0.388 e. The first-order chi connectivity index (χ1) is 16.8. The molecule has 36 heavy (non-hydrogen) atoms. The third kappa shape index (κ3) is 4.39. The Labute approximate surface area is 203 Å². The first-order valence-electron chi connectivity index (χ1n) is 10.4. The van der Waals surface area contributed by atoms with Gasteiger partial charge in [0.15, 0.2) is 5.82 Å². The molecule has 0 atom stereocenters. The molecule has 0 saturated carbocycles. The molecule has 0 radical (unpaired) electrons. The normalized spacial score (nSPS) is 12.2. The molecule has 0 amide bonds. The van der Waals surface area contributed by atoms with E-state index in [9.17, 15) is 32.3 Å². The van der Waals surface area contributed by atoms with Gasteiger partial charge in [-0.05, 0) is 38.1 Å². The van der Waals surface area contributed by atoms with Crippen LogP contribution in [-0.2, 0) is 13.2 Å². The summed E-state index contributed by atoms with van der Waals surface area (Å²) in [6.07, 6.45) is -4.81. The zero-order chi connectivity index (χ0) is 26.5. The van der Waals surface area contributed by atoms with Crippen LogP contribution in [0.25, 0.3) is 27.8 Å². The lowest BCUT2D eigenvalue weighted by Gasteiger charge is -2.17. The number of benzene rings is 2. The summed E-state index contributed by atoms with van der Waals surface area (Å²) >= 11 is 6.10. The van der Waals surface area contributed by atoms with Crippen LogP contribution in [0.15, 0.2) is 39.9 Å². The van der Waals surface area contributed by atoms with Gasteiger partial charge in [-0.15, -0.1) is 5.10 Å². The van der Waals surface area contributed by atoms with Crippen molar-refractivity contribution in [3.05, 3.63) is 73.5 Å². The summed E-state index contributed by atoms with van der Waals surface area (Å²) in [4.78, 5) is 25.9. The Morgan fingerprint density at radius 3 is 2.36 bits per heavy atom. The Kier molecular flexibility index (Phi) is 6.47. The molecular formula is C22H17ClF5N5O3. The van der Waals surface area contributed by atoms with Crippen molar-refractivity contribution in [3.8, 4) is 16.9 Å². The van der Waals surface area contributed by atoms with E-state index in [-0.39, 0.29) is 31.8 Å². The van der Waals surface area contributed by atoms with E-state index in [0.717, 1.165) is 18.2 Å². The van der Waals surface area contributed by atoms with E-state index in [0.29, 0.717) is 4.68 Å². The minimum absolute atomic E-state index is 0.00503. The first kappa shape index (κ1) is 25.5. The SMILES string of the molecule is CC(C)n1nc(-c2c(F)cccc2Cl)c(=O)c2cc(F)c(-n3nc(CO)n(CC(F)(F)F)c3=O)cc21. The molecule has 2 aromatic carbocycles. The van der Waals surface area contributed by atoms with Crippen LogP contribution in [0.3, 0.4) is 0 Å². The molecule has 0 fully saturated rings. The molecule has 0 spiro atoms. The topological polar surface area (TPSA) is 94.9 Å². The molecule has 2 aromatic heterocycles. The second-order valence-corrected chi connectivity index (χ2v) is 8.51. The number of nitrogens with zero attached hydrogens (tertiary/aromatic N) is 5. The zero-order valence-electron chi connectivity index (χ0n) is 18.6. The summed E-state index contributed by atoms with van der Waals surface area (Å²) in [6.45, 7) is 0.571. The van der Waals surface area contributed by atoms with Crippen molar-refractivity contribution in [2.45, 2.75) is 39.2 Å². The predicted octanol–water partition coefficient (Wildman–Crippen LogP) is 3.98. The van der Waals surface area contributed by atoms with E-state index in [1.807, 2.05) is 0 Å². The Morgan fingerprint density at radius 1 is 1.08 bits per heavy atom. The highest BCUT2D eigenvalue weighted by molar-refractivity contribution is 6.33. The van der Waals surface area contributed by atoms with E-state index in [1.165, 1.54) is 16.8 Å². The number of aliphatic hydroxyl groups excluding tert-OH is 1. The number of rotatable bonds is 5. The first-order valence-corrected chi connectivity index (χ1v) is 10.8. The fraction of sp³-hybridized carbons (Fsp3) is 0.273. The quantitative estimate of drug-likeness (QED) is 0.395. The number of hydrogen-bond donors (Lipinski definition) is 1. The van der Waals surface area contributed by atoms with Crippen molar-refractivity contribution in [2.24, 2.45) is 0 Å². The predicted molar refractivity (Wildman–Crippen MR) is 120 cm³/mol. The second-order valence-electron chi connectivity index (χ2n) is 8.10.